The van der Waals surface area contributed by atoms with Gasteiger partial charge in [0.15, 0.2) is 5.65 Å². The Labute approximate surface area is 125 Å². The van der Waals surface area contributed by atoms with Crippen LogP contribution in [0.3, 0.4) is 0 Å². The molecule has 0 aliphatic carbocycles. The molecule has 102 valence electrons. The predicted octanol–water partition coefficient (Wildman–Crippen LogP) is 3.69. The molecule has 2 heterocycles. The van der Waals surface area contributed by atoms with E-state index in [1.54, 1.807) is 0 Å². The first kappa shape index (κ1) is 13.1. The van der Waals surface area contributed by atoms with Gasteiger partial charge in [-0.05, 0) is 50.1 Å². The molecule has 20 heavy (non-hydrogen) atoms. The van der Waals surface area contributed by atoms with E-state index < -0.39 is 0 Å². The lowest BCUT2D eigenvalue weighted by atomic mass is 10.2. The van der Waals surface area contributed by atoms with Crippen LogP contribution in [0.1, 0.15) is 16.8 Å². The van der Waals surface area contributed by atoms with Crippen molar-refractivity contribution in [1.82, 2.24) is 14.5 Å². The Hall–Kier alpha value is -1.88. The molecule has 2 aromatic heterocycles. The molecule has 2 N–H and O–H groups in total. The molecule has 0 unspecified atom stereocenters. The van der Waals surface area contributed by atoms with E-state index >= 15 is 0 Å². The predicted molar refractivity (Wildman–Crippen MR) is 85.2 cm³/mol. The van der Waals surface area contributed by atoms with Gasteiger partial charge in [-0.3, -0.25) is 4.57 Å². The number of halogens is 1. The second-order valence-corrected chi connectivity index (χ2v) is 5.91. The summed E-state index contributed by atoms with van der Waals surface area (Å²) < 4.78 is 3.17. The molecule has 0 spiro atoms. The highest BCUT2D eigenvalue weighted by Crippen LogP contribution is 2.31. The number of nitrogens with two attached hydrogens (primary N) is 1. The molecule has 0 aliphatic heterocycles. The Morgan fingerprint density at radius 3 is 2.55 bits per heavy atom. The van der Waals surface area contributed by atoms with Gasteiger partial charge >= 0.3 is 0 Å². The summed E-state index contributed by atoms with van der Waals surface area (Å²) >= 11 is 3.55. The maximum atomic E-state index is 6.00. The summed E-state index contributed by atoms with van der Waals surface area (Å²) in [4.78, 5) is 8.51. The second-order valence-electron chi connectivity index (χ2n) is 4.99. The zero-order valence-corrected chi connectivity index (χ0v) is 13.2. The van der Waals surface area contributed by atoms with Crippen molar-refractivity contribution in [2.45, 2.75) is 20.8 Å². The molecular weight excluding hydrogens is 316 g/mol. The molecule has 0 radical (unpaired) electrons. The van der Waals surface area contributed by atoms with Gasteiger partial charge in [-0.2, -0.15) is 0 Å². The molecule has 0 bridgehead atoms. The highest BCUT2D eigenvalue weighted by molar-refractivity contribution is 9.10. The molecule has 3 aromatic rings. The minimum absolute atomic E-state index is 0.529. The SMILES string of the molecule is Cc1cc(Br)cc(-n2c(C)c(C)c3c(N)ncnc32)c1. The summed E-state index contributed by atoms with van der Waals surface area (Å²) in [5.74, 6) is 0.529. The molecule has 0 amide bonds. The highest BCUT2D eigenvalue weighted by atomic mass is 79.9. The average Bonchev–Trinajstić information content (AvgIpc) is 2.62. The van der Waals surface area contributed by atoms with E-state index in [0.717, 1.165) is 32.5 Å². The Bertz CT molecular complexity index is 800. The summed E-state index contributed by atoms with van der Waals surface area (Å²) in [6.07, 6.45) is 1.51. The van der Waals surface area contributed by atoms with Crippen molar-refractivity contribution in [2.24, 2.45) is 0 Å². The van der Waals surface area contributed by atoms with E-state index in [4.69, 9.17) is 5.73 Å². The zero-order chi connectivity index (χ0) is 14.4. The third-order valence-electron chi connectivity index (χ3n) is 3.61. The van der Waals surface area contributed by atoms with Gasteiger partial charge in [0.05, 0.1) is 5.39 Å². The Morgan fingerprint density at radius 1 is 1.10 bits per heavy atom. The fraction of sp³-hybridized carbons (Fsp3) is 0.200. The van der Waals surface area contributed by atoms with Gasteiger partial charge in [0.2, 0.25) is 0 Å². The molecule has 1 aromatic carbocycles. The lowest BCUT2D eigenvalue weighted by Gasteiger charge is -2.09. The van der Waals surface area contributed by atoms with Crippen molar-refractivity contribution in [3.05, 3.63) is 45.8 Å². The average molecular weight is 331 g/mol. The van der Waals surface area contributed by atoms with Crippen LogP contribution in [0.5, 0.6) is 0 Å². The van der Waals surface area contributed by atoms with Gasteiger partial charge in [-0.1, -0.05) is 15.9 Å². The van der Waals surface area contributed by atoms with E-state index in [0.29, 0.717) is 5.82 Å². The number of aryl methyl sites for hydroxylation is 2. The lowest BCUT2D eigenvalue weighted by Crippen LogP contribution is -1.99. The van der Waals surface area contributed by atoms with E-state index in [9.17, 15) is 0 Å². The smallest absolute Gasteiger partial charge is 0.150 e. The molecule has 5 heteroatoms. The summed E-state index contributed by atoms with van der Waals surface area (Å²) in [6, 6.07) is 6.30. The Kier molecular flexibility index (Phi) is 3.01. The van der Waals surface area contributed by atoms with Gasteiger partial charge < -0.3 is 5.73 Å². The number of aromatic nitrogens is 3. The summed E-state index contributed by atoms with van der Waals surface area (Å²) in [5, 5.41) is 0.933. The van der Waals surface area contributed by atoms with Gasteiger partial charge in [0.25, 0.3) is 0 Å². The normalized spacial score (nSPS) is 11.2. The van der Waals surface area contributed by atoms with Crippen LogP contribution in [-0.2, 0) is 0 Å². The number of hydrogen-bond donors (Lipinski definition) is 1. The maximum Gasteiger partial charge on any atom is 0.150 e. The number of fused-ring (bicyclic) bond motifs is 1. The first-order chi connectivity index (χ1) is 9.49. The van der Waals surface area contributed by atoms with Crippen LogP contribution < -0.4 is 5.73 Å². The van der Waals surface area contributed by atoms with Crippen molar-refractivity contribution in [3.63, 3.8) is 0 Å². The van der Waals surface area contributed by atoms with Crippen LogP contribution in [0.4, 0.5) is 5.82 Å². The molecule has 4 nitrogen and oxygen atoms in total. The first-order valence-electron chi connectivity index (χ1n) is 6.34. The molecule has 0 saturated carbocycles. The van der Waals surface area contributed by atoms with Crippen molar-refractivity contribution in [2.75, 3.05) is 5.73 Å². The van der Waals surface area contributed by atoms with Gasteiger partial charge in [0, 0.05) is 15.9 Å². The van der Waals surface area contributed by atoms with Crippen LogP contribution in [0, 0.1) is 20.8 Å². The quantitative estimate of drug-likeness (QED) is 0.740. The Morgan fingerprint density at radius 2 is 1.85 bits per heavy atom. The highest BCUT2D eigenvalue weighted by Gasteiger charge is 2.16. The molecule has 3 rings (SSSR count). The minimum Gasteiger partial charge on any atom is -0.383 e. The van der Waals surface area contributed by atoms with Crippen molar-refractivity contribution in [3.8, 4) is 5.69 Å². The number of anilines is 1. The van der Waals surface area contributed by atoms with Gasteiger partial charge in [-0.15, -0.1) is 0 Å². The van der Waals surface area contributed by atoms with Gasteiger partial charge in [-0.25, -0.2) is 9.97 Å². The van der Waals surface area contributed by atoms with Crippen molar-refractivity contribution < 1.29 is 0 Å². The second kappa shape index (κ2) is 4.59. The topological polar surface area (TPSA) is 56.7 Å². The number of benzene rings is 1. The lowest BCUT2D eigenvalue weighted by molar-refractivity contribution is 1.01. The Balaban J connectivity index is 2.42. The van der Waals surface area contributed by atoms with Crippen LogP contribution in [-0.4, -0.2) is 14.5 Å². The summed E-state index contributed by atoms with van der Waals surface area (Å²) in [5.41, 5.74) is 11.4. The minimum atomic E-state index is 0.529. The van der Waals surface area contributed by atoms with E-state index in [-0.39, 0.29) is 0 Å². The van der Waals surface area contributed by atoms with Crippen molar-refractivity contribution in [1.29, 1.82) is 0 Å². The van der Waals surface area contributed by atoms with E-state index in [1.807, 2.05) is 0 Å². The molecule has 0 fully saturated rings. The third-order valence-corrected chi connectivity index (χ3v) is 4.06. The monoisotopic (exact) mass is 330 g/mol. The molecule has 0 atom stereocenters. The summed E-state index contributed by atoms with van der Waals surface area (Å²) in [7, 11) is 0. The number of hydrogen-bond acceptors (Lipinski definition) is 3. The number of rotatable bonds is 1. The fourth-order valence-electron chi connectivity index (χ4n) is 2.59. The van der Waals surface area contributed by atoms with E-state index in [2.05, 4.69) is 69.4 Å². The van der Waals surface area contributed by atoms with Crippen LogP contribution >= 0.6 is 15.9 Å². The standard InChI is InChI=1S/C15H15BrN4/c1-8-4-11(16)6-12(5-8)20-10(3)9(2)13-14(17)18-7-19-15(13)20/h4-7H,1-3H3,(H2,17,18,19). The van der Waals surface area contributed by atoms with Gasteiger partial charge in [0.1, 0.15) is 12.1 Å². The van der Waals surface area contributed by atoms with Crippen LogP contribution in [0.2, 0.25) is 0 Å². The maximum absolute atomic E-state index is 6.00. The zero-order valence-electron chi connectivity index (χ0n) is 11.6. The third kappa shape index (κ3) is 1.89. The summed E-state index contributed by atoms with van der Waals surface area (Å²) in [6.45, 7) is 6.21. The number of nitrogen functional groups attached to an aromatic ring is 1. The molecule has 0 saturated heterocycles. The van der Waals surface area contributed by atoms with E-state index in [1.165, 1.54) is 11.9 Å². The molecular formula is C15H15BrN4. The number of nitrogens with zero attached hydrogens (tertiary/aromatic N) is 3. The molecule has 0 aliphatic rings. The van der Waals surface area contributed by atoms with Crippen LogP contribution in [0.25, 0.3) is 16.7 Å². The first-order valence-corrected chi connectivity index (χ1v) is 7.14. The fourth-order valence-corrected chi connectivity index (χ4v) is 3.18. The van der Waals surface area contributed by atoms with Crippen LogP contribution in [0.15, 0.2) is 29.0 Å². The van der Waals surface area contributed by atoms with Crippen molar-refractivity contribution >= 4 is 32.8 Å². The largest absolute Gasteiger partial charge is 0.383 e.